The van der Waals surface area contributed by atoms with Gasteiger partial charge in [-0.3, -0.25) is 4.79 Å². The Morgan fingerprint density at radius 2 is 1.63 bits per heavy atom. The molecule has 1 heterocycles. The average Bonchev–Trinajstić information content (AvgIpc) is 3.13. The molecule has 9 heteroatoms. The molecule has 3 aromatic rings. The highest BCUT2D eigenvalue weighted by Crippen LogP contribution is 2.31. The Labute approximate surface area is 157 Å². The van der Waals surface area contributed by atoms with Gasteiger partial charge in [0.15, 0.2) is 0 Å². The first-order chi connectivity index (χ1) is 12.7. The summed E-state index contributed by atoms with van der Waals surface area (Å²) >= 11 is 0.750. The lowest BCUT2D eigenvalue weighted by Crippen LogP contribution is -2.11. The molecule has 0 saturated carbocycles. The van der Waals surface area contributed by atoms with Gasteiger partial charge in [-0.05, 0) is 42.5 Å². The smallest absolute Gasteiger partial charge is 0.321 e. The van der Waals surface area contributed by atoms with Crippen LogP contribution in [0.15, 0.2) is 75.8 Å². The molecule has 3 rings (SSSR count). The SMILES string of the molecule is O=C(Nc1cccc(C(F)(F)F)c1)c1ccc(S(=O)(=O)c2ccccc2)s1. The van der Waals surface area contributed by atoms with Gasteiger partial charge in [0, 0.05) is 5.69 Å². The fourth-order valence-electron chi connectivity index (χ4n) is 2.27. The number of halogens is 3. The van der Waals surface area contributed by atoms with Gasteiger partial charge in [-0.15, -0.1) is 11.3 Å². The van der Waals surface area contributed by atoms with Gasteiger partial charge in [-0.2, -0.15) is 13.2 Å². The molecule has 0 bridgehead atoms. The third-order valence-electron chi connectivity index (χ3n) is 3.57. The van der Waals surface area contributed by atoms with E-state index in [4.69, 9.17) is 0 Å². The predicted octanol–water partition coefficient (Wildman–Crippen LogP) is 4.85. The van der Waals surface area contributed by atoms with Crippen LogP contribution in [0.4, 0.5) is 18.9 Å². The first-order valence-electron chi connectivity index (χ1n) is 7.56. The van der Waals surface area contributed by atoms with Crippen molar-refractivity contribution >= 4 is 32.8 Å². The van der Waals surface area contributed by atoms with Crippen LogP contribution in [-0.2, 0) is 16.0 Å². The summed E-state index contributed by atoms with van der Waals surface area (Å²) < 4.78 is 63.3. The fourth-order valence-corrected chi connectivity index (χ4v) is 4.89. The van der Waals surface area contributed by atoms with E-state index in [1.807, 2.05) is 0 Å². The molecule has 0 atom stereocenters. The van der Waals surface area contributed by atoms with Crippen LogP contribution < -0.4 is 5.32 Å². The molecule has 140 valence electrons. The van der Waals surface area contributed by atoms with Gasteiger partial charge in [0.1, 0.15) is 4.21 Å². The third-order valence-corrected chi connectivity index (χ3v) is 6.92. The highest BCUT2D eigenvalue weighted by molar-refractivity contribution is 7.93. The normalized spacial score (nSPS) is 12.0. The maximum atomic E-state index is 12.7. The molecule has 1 N–H and O–H groups in total. The molecule has 2 aromatic carbocycles. The number of alkyl halides is 3. The number of carbonyl (C=O) groups excluding carboxylic acids is 1. The quantitative estimate of drug-likeness (QED) is 0.667. The molecule has 0 fully saturated rings. The topological polar surface area (TPSA) is 63.2 Å². The van der Waals surface area contributed by atoms with Gasteiger partial charge in [-0.1, -0.05) is 24.3 Å². The zero-order valence-corrected chi connectivity index (χ0v) is 15.2. The lowest BCUT2D eigenvalue weighted by atomic mass is 10.2. The standard InChI is InChI=1S/C18H12F3NO3S2/c19-18(20,21)12-5-4-6-13(11-12)22-17(23)15-9-10-16(26-15)27(24,25)14-7-2-1-3-8-14/h1-11H,(H,22,23). The van der Waals surface area contributed by atoms with E-state index in [9.17, 15) is 26.4 Å². The molecule has 1 aromatic heterocycles. The van der Waals surface area contributed by atoms with Crippen molar-refractivity contribution in [3.05, 3.63) is 77.2 Å². The van der Waals surface area contributed by atoms with Crippen molar-refractivity contribution in [2.75, 3.05) is 5.32 Å². The van der Waals surface area contributed by atoms with Crippen LogP contribution in [0.3, 0.4) is 0 Å². The van der Waals surface area contributed by atoms with E-state index in [0.717, 1.165) is 23.5 Å². The highest BCUT2D eigenvalue weighted by Gasteiger charge is 2.30. The lowest BCUT2D eigenvalue weighted by molar-refractivity contribution is -0.137. The molecule has 0 aliphatic heterocycles. The predicted molar refractivity (Wildman–Crippen MR) is 95.6 cm³/mol. The second-order valence-corrected chi connectivity index (χ2v) is 8.73. The number of nitrogens with one attached hydrogen (secondary N) is 1. The number of hydrogen-bond donors (Lipinski definition) is 1. The highest BCUT2D eigenvalue weighted by atomic mass is 32.2. The third kappa shape index (κ3) is 4.20. The molecule has 0 saturated heterocycles. The van der Waals surface area contributed by atoms with Crippen molar-refractivity contribution < 1.29 is 26.4 Å². The summed E-state index contributed by atoms with van der Waals surface area (Å²) in [6.45, 7) is 0. The maximum Gasteiger partial charge on any atom is 0.416 e. The molecule has 0 unspecified atom stereocenters. The van der Waals surface area contributed by atoms with Crippen LogP contribution >= 0.6 is 11.3 Å². The summed E-state index contributed by atoms with van der Waals surface area (Å²) in [5, 5.41) is 2.35. The number of hydrogen-bond acceptors (Lipinski definition) is 4. The molecule has 0 spiro atoms. The molecule has 0 aliphatic carbocycles. The Hall–Kier alpha value is -2.65. The molecule has 27 heavy (non-hydrogen) atoms. The molecular formula is C18H12F3NO3S2. The zero-order valence-electron chi connectivity index (χ0n) is 13.5. The Balaban J connectivity index is 1.82. The van der Waals surface area contributed by atoms with Crippen LogP contribution in [0.25, 0.3) is 0 Å². The number of carbonyl (C=O) groups is 1. The van der Waals surface area contributed by atoms with Crippen molar-refractivity contribution in [1.82, 2.24) is 0 Å². The Kier molecular flexibility index (Phi) is 5.07. The van der Waals surface area contributed by atoms with E-state index in [1.165, 1.54) is 36.4 Å². The van der Waals surface area contributed by atoms with E-state index >= 15 is 0 Å². The van der Waals surface area contributed by atoms with Gasteiger partial charge in [0.25, 0.3) is 5.91 Å². The molecule has 1 amide bonds. The summed E-state index contributed by atoms with van der Waals surface area (Å²) in [5.74, 6) is -0.686. The van der Waals surface area contributed by atoms with E-state index in [-0.39, 0.29) is 19.7 Å². The minimum atomic E-state index is -4.53. The molecule has 0 aliphatic rings. The monoisotopic (exact) mass is 411 g/mol. The van der Waals surface area contributed by atoms with Crippen LogP contribution in [0.5, 0.6) is 0 Å². The first-order valence-corrected chi connectivity index (χ1v) is 9.86. The van der Waals surface area contributed by atoms with Gasteiger partial charge in [0.2, 0.25) is 9.84 Å². The minimum Gasteiger partial charge on any atom is -0.321 e. The summed E-state index contributed by atoms with van der Waals surface area (Å²) in [4.78, 5) is 12.4. The van der Waals surface area contributed by atoms with Gasteiger partial charge in [-0.25, -0.2) is 8.42 Å². The number of sulfone groups is 1. The zero-order chi connectivity index (χ0) is 19.7. The number of rotatable bonds is 4. The Morgan fingerprint density at radius 1 is 0.926 bits per heavy atom. The van der Waals surface area contributed by atoms with Crippen molar-refractivity contribution in [2.45, 2.75) is 15.3 Å². The number of amides is 1. The van der Waals surface area contributed by atoms with Gasteiger partial charge >= 0.3 is 6.18 Å². The summed E-state index contributed by atoms with van der Waals surface area (Å²) in [6, 6.07) is 14.6. The van der Waals surface area contributed by atoms with E-state index in [0.29, 0.717) is 0 Å². The largest absolute Gasteiger partial charge is 0.416 e. The van der Waals surface area contributed by atoms with Crippen molar-refractivity contribution in [1.29, 1.82) is 0 Å². The van der Waals surface area contributed by atoms with E-state index in [1.54, 1.807) is 18.2 Å². The summed E-state index contributed by atoms with van der Waals surface area (Å²) in [7, 11) is -3.76. The van der Waals surface area contributed by atoms with Crippen molar-refractivity contribution in [3.8, 4) is 0 Å². The van der Waals surface area contributed by atoms with E-state index in [2.05, 4.69) is 5.32 Å². The minimum absolute atomic E-state index is 0.0251. The van der Waals surface area contributed by atoms with Crippen LogP contribution in [0.1, 0.15) is 15.2 Å². The van der Waals surface area contributed by atoms with Crippen molar-refractivity contribution in [3.63, 3.8) is 0 Å². The Bertz CT molecular complexity index is 1070. The van der Waals surface area contributed by atoms with Gasteiger partial charge < -0.3 is 5.32 Å². The van der Waals surface area contributed by atoms with Crippen LogP contribution in [-0.4, -0.2) is 14.3 Å². The number of thiophene rings is 1. The molecule has 0 radical (unpaired) electrons. The summed E-state index contributed by atoms with van der Waals surface area (Å²) in [5.41, 5.74) is -0.922. The Morgan fingerprint density at radius 3 is 2.30 bits per heavy atom. The lowest BCUT2D eigenvalue weighted by Gasteiger charge is -2.09. The second-order valence-electron chi connectivity index (χ2n) is 5.47. The maximum absolute atomic E-state index is 12.7. The number of benzene rings is 2. The fraction of sp³-hybridized carbons (Fsp3) is 0.0556. The van der Waals surface area contributed by atoms with Crippen LogP contribution in [0, 0.1) is 0 Å². The first kappa shape index (κ1) is 19.1. The summed E-state index contributed by atoms with van der Waals surface area (Å²) in [6.07, 6.45) is -4.53. The van der Waals surface area contributed by atoms with Gasteiger partial charge in [0.05, 0.1) is 15.3 Å². The van der Waals surface area contributed by atoms with Crippen LogP contribution in [0.2, 0.25) is 0 Å². The molecule has 4 nitrogen and oxygen atoms in total. The number of anilines is 1. The van der Waals surface area contributed by atoms with Crippen molar-refractivity contribution in [2.24, 2.45) is 0 Å². The second kappa shape index (κ2) is 7.16. The van der Waals surface area contributed by atoms with E-state index < -0.39 is 27.5 Å². The average molecular weight is 411 g/mol. The molecular weight excluding hydrogens is 399 g/mol.